The second-order valence-corrected chi connectivity index (χ2v) is 12.3. The lowest BCUT2D eigenvalue weighted by atomic mass is 10.1. The normalized spacial score (nSPS) is 24.4. The van der Waals surface area contributed by atoms with Crippen LogP contribution in [-0.2, 0) is 24.0 Å². The number of carbonyl (C=O) groups excluding carboxylic acids is 1. The van der Waals surface area contributed by atoms with Gasteiger partial charge in [0.05, 0.1) is 31.6 Å². The zero-order valence-corrected chi connectivity index (χ0v) is 24.1. The number of hydrogen-bond donors (Lipinski definition) is 4. The molecule has 0 spiro atoms. The standard InChI is InChI=1S/C25H31N10O7S/c1-13(2)22(37)32-25-31-21-19(23(38)33-25)29-12-35(21)24-18(6-16(9-36)41-24)42-43(39,40)30-7-14-3-4-15(5-14)34-11-28-17-8-26-10-27-20(17)34/h3,8,10-16,18,24,30,36H,4-7,9H2,1-2H3,(H2,31,32,33,37,38)/t14-,15-,16+,18-,24-/m1/s1. The maximum Gasteiger partial charge on any atom is 0.336 e. The van der Waals surface area contributed by atoms with Crippen LogP contribution in [0.4, 0.5) is 5.95 Å². The van der Waals surface area contributed by atoms with Gasteiger partial charge in [0.15, 0.2) is 23.0 Å². The maximum absolute atomic E-state index is 13.1. The molecule has 0 aromatic carbocycles. The molecule has 229 valence electrons. The number of aromatic amines is 1. The number of nitrogens with zero attached hydrogens (tertiary/aromatic N) is 7. The number of fused-ring (bicyclic) bond motifs is 2. The highest BCUT2D eigenvalue weighted by Gasteiger charge is 2.41. The van der Waals surface area contributed by atoms with Gasteiger partial charge in [0, 0.05) is 24.9 Å². The molecular weight excluding hydrogens is 584 g/mol. The van der Waals surface area contributed by atoms with Crippen LogP contribution in [0.3, 0.4) is 0 Å². The predicted molar refractivity (Wildman–Crippen MR) is 150 cm³/mol. The molecule has 1 amide bonds. The van der Waals surface area contributed by atoms with Crippen LogP contribution in [0, 0.1) is 18.3 Å². The monoisotopic (exact) mass is 615 g/mol. The number of H-pyrrole nitrogens is 1. The number of amides is 1. The Bertz CT molecular complexity index is 1800. The topological polar surface area (TPSA) is 221 Å². The molecule has 0 bridgehead atoms. The van der Waals surface area contributed by atoms with Crippen molar-refractivity contribution in [2.45, 2.75) is 57.6 Å². The minimum atomic E-state index is -4.26. The van der Waals surface area contributed by atoms with Crippen LogP contribution in [0.2, 0.25) is 0 Å². The van der Waals surface area contributed by atoms with E-state index in [-0.39, 0.29) is 60.5 Å². The van der Waals surface area contributed by atoms with Gasteiger partial charge in [0.2, 0.25) is 11.9 Å². The first kappa shape index (κ1) is 29.2. The smallest absolute Gasteiger partial charge is 0.336 e. The van der Waals surface area contributed by atoms with Gasteiger partial charge in [-0.25, -0.2) is 24.1 Å². The summed E-state index contributed by atoms with van der Waals surface area (Å²) >= 11 is 0. The third-order valence-electron chi connectivity index (χ3n) is 7.54. The van der Waals surface area contributed by atoms with E-state index in [1.165, 1.54) is 17.2 Å². The number of aliphatic hydroxyl groups excluding tert-OH is 1. The van der Waals surface area contributed by atoms with Crippen LogP contribution in [0.5, 0.6) is 0 Å². The van der Waals surface area contributed by atoms with Gasteiger partial charge in [0.25, 0.3) is 5.56 Å². The molecule has 6 rings (SSSR count). The Balaban J connectivity index is 1.15. The summed E-state index contributed by atoms with van der Waals surface area (Å²) < 4.78 is 43.4. The van der Waals surface area contributed by atoms with E-state index >= 15 is 0 Å². The molecule has 1 saturated carbocycles. The molecule has 5 heterocycles. The Morgan fingerprint density at radius 3 is 2.81 bits per heavy atom. The summed E-state index contributed by atoms with van der Waals surface area (Å²) in [6, 6.07) is 0.0774. The number of ether oxygens (including phenoxy) is 1. The summed E-state index contributed by atoms with van der Waals surface area (Å²) in [6.45, 7) is 3.11. The number of rotatable bonds is 10. The fourth-order valence-electron chi connectivity index (χ4n) is 5.34. The van der Waals surface area contributed by atoms with E-state index < -0.39 is 34.3 Å². The lowest BCUT2D eigenvalue weighted by Crippen LogP contribution is -2.35. The predicted octanol–water partition coefficient (Wildman–Crippen LogP) is 0.209. The molecule has 4 aromatic rings. The molecule has 2 aliphatic rings. The van der Waals surface area contributed by atoms with E-state index in [0.717, 1.165) is 12.1 Å². The third kappa shape index (κ3) is 6.00. The number of imidazole rings is 2. The molecule has 4 aromatic heterocycles. The fraction of sp³-hybridized carbons (Fsp3) is 0.520. The first-order valence-electron chi connectivity index (χ1n) is 13.8. The SMILES string of the molecule is CC(C)C(=O)Nc1nc2c(ncn2[C@@H]2O[C@H](CO)C[C@H]2OS(=O)(=O)NC[C@@H]2[CH]C[C@@H](n3cnc4cncnc43)C2)c(=O)[nH]1. The molecule has 2 fully saturated rings. The van der Waals surface area contributed by atoms with Crippen LogP contribution in [-0.4, -0.2) is 83.8 Å². The van der Waals surface area contributed by atoms with Crippen molar-refractivity contribution in [2.24, 2.45) is 11.8 Å². The Morgan fingerprint density at radius 2 is 2.02 bits per heavy atom. The van der Waals surface area contributed by atoms with Crippen molar-refractivity contribution in [1.29, 1.82) is 0 Å². The highest BCUT2D eigenvalue weighted by molar-refractivity contribution is 7.84. The minimum Gasteiger partial charge on any atom is -0.394 e. The summed E-state index contributed by atoms with van der Waals surface area (Å²) in [7, 11) is -4.26. The average molecular weight is 616 g/mol. The van der Waals surface area contributed by atoms with Gasteiger partial charge in [-0.15, -0.1) is 0 Å². The molecule has 18 heteroatoms. The van der Waals surface area contributed by atoms with E-state index in [4.69, 9.17) is 8.92 Å². The van der Waals surface area contributed by atoms with Crippen molar-refractivity contribution in [1.82, 2.24) is 43.8 Å². The highest BCUT2D eigenvalue weighted by atomic mass is 32.2. The number of hydrogen-bond acceptors (Lipinski definition) is 12. The Labute approximate surface area is 245 Å². The van der Waals surface area contributed by atoms with Gasteiger partial charge in [-0.05, 0) is 25.2 Å². The van der Waals surface area contributed by atoms with Gasteiger partial charge in [0.1, 0.15) is 17.9 Å². The van der Waals surface area contributed by atoms with Crippen LogP contribution in [0.1, 0.15) is 45.4 Å². The molecular formula is C25H31N10O7S. The Morgan fingerprint density at radius 1 is 1.21 bits per heavy atom. The summed E-state index contributed by atoms with van der Waals surface area (Å²) in [4.78, 5) is 48.3. The van der Waals surface area contributed by atoms with Gasteiger partial charge in [-0.2, -0.15) is 18.1 Å². The van der Waals surface area contributed by atoms with Crippen molar-refractivity contribution in [3.05, 3.63) is 42.0 Å². The van der Waals surface area contributed by atoms with E-state index in [2.05, 4.69) is 46.4 Å². The van der Waals surface area contributed by atoms with Gasteiger partial charge < -0.3 is 14.4 Å². The van der Waals surface area contributed by atoms with Crippen molar-refractivity contribution in [3.63, 3.8) is 0 Å². The molecule has 5 atom stereocenters. The maximum atomic E-state index is 13.1. The van der Waals surface area contributed by atoms with Crippen molar-refractivity contribution in [2.75, 3.05) is 18.5 Å². The summed E-state index contributed by atoms with van der Waals surface area (Å²) in [6.07, 6.45) is 6.72. The molecule has 1 aliphatic carbocycles. The average Bonchev–Trinajstić information content (AvgIpc) is 3.77. The van der Waals surface area contributed by atoms with Crippen LogP contribution < -0.4 is 15.6 Å². The molecule has 1 aliphatic heterocycles. The number of anilines is 1. The molecule has 1 saturated heterocycles. The summed E-state index contributed by atoms with van der Waals surface area (Å²) in [5.74, 6) is -0.874. The van der Waals surface area contributed by atoms with Crippen molar-refractivity contribution < 1.29 is 27.2 Å². The minimum absolute atomic E-state index is 0.0400. The van der Waals surface area contributed by atoms with E-state index in [0.29, 0.717) is 11.9 Å². The number of aliphatic hydroxyl groups is 1. The highest BCUT2D eigenvalue weighted by Crippen LogP contribution is 2.36. The van der Waals surface area contributed by atoms with Gasteiger partial charge in [-0.3, -0.25) is 24.5 Å². The van der Waals surface area contributed by atoms with Gasteiger partial charge >= 0.3 is 10.3 Å². The number of carbonyl (C=O) groups is 1. The molecule has 1 radical (unpaired) electrons. The molecule has 43 heavy (non-hydrogen) atoms. The Hall–Kier alpha value is -3.84. The fourth-order valence-corrected chi connectivity index (χ4v) is 6.33. The van der Waals surface area contributed by atoms with Crippen molar-refractivity contribution in [3.8, 4) is 0 Å². The van der Waals surface area contributed by atoms with Crippen LogP contribution in [0.25, 0.3) is 22.3 Å². The Kier molecular flexibility index (Phi) is 7.94. The second kappa shape index (κ2) is 11.7. The second-order valence-electron chi connectivity index (χ2n) is 10.9. The van der Waals surface area contributed by atoms with Crippen LogP contribution in [0.15, 0.2) is 30.0 Å². The summed E-state index contributed by atoms with van der Waals surface area (Å²) in [5.41, 5.74) is 0.822. The first-order chi connectivity index (χ1) is 20.6. The zero-order chi connectivity index (χ0) is 30.3. The quantitative estimate of drug-likeness (QED) is 0.188. The molecule has 17 nitrogen and oxygen atoms in total. The third-order valence-corrected chi connectivity index (χ3v) is 8.56. The van der Waals surface area contributed by atoms with E-state index in [9.17, 15) is 23.1 Å². The zero-order valence-electron chi connectivity index (χ0n) is 23.3. The molecule has 0 unspecified atom stereocenters. The largest absolute Gasteiger partial charge is 0.394 e. The number of aromatic nitrogens is 8. The lowest BCUT2D eigenvalue weighted by molar-refractivity contribution is -0.118. The summed E-state index contributed by atoms with van der Waals surface area (Å²) in [5, 5.41) is 12.3. The number of nitrogens with one attached hydrogen (secondary N) is 3. The molecule has 4 N–H and O–H groups in total. The van der Waals surface area contributed by atoms with E-state index in [1.54, 1.807) is 26.4 Å². The van der Waals surface area contributed by atoms with E-state index in [1.807, 2.05) is 4.57 Å². The van der Waals surface area contributed by atoms with Crippen LogP contribution >= 0.6 is 0 Å². The van der Waals surface area contributed by atoms with Gasteiger partial charge in [-0.1, -0.05) is 13.8 Å². The lowest BCUT2D eigenvalue weighted by Gasteiger charge is -2.21. The van der Waals surface area contributed by atoms with Crippen molar-refractivity contribution >= 4 is 44.5 Å². The first-order valence-corrected chi connectivity index (χ1v) is 15.2.